The summed E-state index contributed by atoms with van der Waals surface area (Å²) < 4.78 is 4.31. The summed E-state index contributed by atoms with van der Waals surface area (Å²) in [6, 6.07) is 1.62. The maximum Gasteiger partial charge on any atom is 0.332 e. The topological polar surface area (TPSA) is 94.2 Å². The molecule has 0 bridgehead atoms. The van der Waals surface area contributed by atoms with Gasteiger partial charge < -0.3 is 14.8 Å². The molecule has 1 saturated heterocycles. The van der Waals surface area contributed by atoms with Crippen LogP contribution in [0.5, 0.6) is 0 Å². The van der Waals surface area contributed by atoms with Gasteiger partial charge in [-0.2, -0.15) is 0 Å². The molecule has 1 N–H and O–H groups in total. The summed E-state index contributed by atoms with van der Waals surface area (Å²) in [6.07, 6.45) is 4.71. The Hall–Kier alpha value is -2.88. The molecule has 3 aromatic heterocycles. The maximum atomic E-state index is 13.1. The summed E-state index contributed by atoms with van der Waals surface area (Å²) >= 11 is 1.63. The van der Waals surface area contributed by atoms with Crippen LogP contribution in [0.15, 0.2) is 27.2 Å². The summed E-state index contributed by atoms with van der Waals surface area (Å²) in [7, 11) is 3.09. The van der Waals surface area contributed by atoms with E-state index in [-0.39, 0.29) is 11.5 Å². The van der Waals surface area contributed by atoms with Crippen molar-refractivity contribution in [3.05, 3.63) is 44.2 Å². The van der Waals surface area contributed by atoms with Crippen LogP contribution < -0.4 is 21.5 Å². The third-order valence-corrected chi connectivity index (χ3v) is 6.77. The number of nitrogens with one attached hydrogen (secondary N) is 1. The number of anilines is 1. The van der Waals surface area contributed by atoms with Crippen LogP contribution in [-0.2, 0) is 20.6 Å². The summed E-state index contributed by atoms with van der Waals surface area (Å²) in [5, 5.41) is 6.45. The zero-order valence-electron chi connectivity index (χ0n) is 18.1. The highest BCUT2D eigenvalue weighted by Crippen LogP contribution is 2.24. The molecule has 0 radical (unpaired) electrons. The second-order valence-corrected chi connectivity index (χ2v) is 8.98. The first-order chi connectivity index (χ1) is 14.9. The second-order valence-electron chi connectivity index (χ2n) is 8.10. The summed E-state index contributed by atoms with van der Waals surface area (Å²) in [6.45, 7) is 4.96. The minimum Gasteiger partial charge on any atom is -0.350 e. The zero-order chi connectivity index (χ0) is 22.1. The molecule has 31 heavy (non-hydrogen) atoms. The molecule has 1 aliphatic heterocycles. The van der Waals surface area contributed by atoms with Gasteiger partial charge in [-0.05, 0) is 31.2 Å². The minimum atomic E-state index is -0.399. The van der Waals surface area contributed by atoms with Gasteiger partial charge in [-0.15, -0.1) is 11.3 Å². The van der Waals surface area contributed by atoms with E-state index in [0.717, 1.165) is 42.1 Å². The lowest BCUT2D eigenvalue weighted by Gasteiger charge is -2.32. The number of nitrogens with zero attached hydrogens (tertiary/aromatic N) is 5. The van der Waals surface area contributed by atoms with Crippen molar-refractivity contribution in [3.8, 4) is 0 Å². The fourth-order valence-corrected chi connectivity index (χ4v) is 5.06. The Kier molecular flexibility index (Phi) is 5.99. The first-order valence-corrected chi connectivity index (χ1v) is 11.5. The van der Waals surface area contributed by atoms with E-state index in [0.29, 0.717) is 35.7 Å². The van der Waals surface area contributed by atoms with E-state index >= 15 is 0 Å². The van der Waals surface area contributed by atoms with E-state index in [2.05, 4.69) is 15.2 Å². The lowest BCUT2D eigenvalue weighted by Crippen LogP contribution is -2.41. The van der Waals surface area contributed by atoms with Crippen LogP contribution in [-0.4, -0.2) is 44.2 Å². The standard InChI is InChI=1S/C21H28N6O3S/c1-4-8-27-16(11-15-18(27)24(2)21(30)25(3)19(15)29)17(28)23-12-14-6-5-9-26(13-14)20-22-7-10-31-20/h7,10-11,14H,4-6,8-9,12-13H2,1-3H3,(H,23,28). The first kappa shape index (κ1) is 21.4. The molecule has 166 valence electrons. The Labute approximate surface area is 183 Å². The van der Waals surface area contributed by atoms with E-state index < -0.39 is 5.69 Å². The van der Waals surface area contributed by atoms with Gasteiger partial charge in [-0.25, -0.2) is 9.78 Å². The molecular formula is C21H28N6O3S. The van der Waals surface area contributed by atoms with Crippen molar-refractivity contribution >= 4 is 33.4 Å². The van der Waals surface area contributed by atoms with E-state index in [1.807, 2.05) is 18.5 Å². The number of rotatable bonds is 6. The molecule has 3 aromatic rings. The molecule has 10 heteroatoms. The number of carbonyl (C=O) groups is 1. The van der Waals surface area contributed by atoms with E-state index in [4.69, 9.17) is 0 Å². The average Bonchev–Trinajstić information content (AvgIpc) is 3.44. The highest BCUT2D eigenvalue weighted by molar-refractivity contribution is 7.13. The lowest BCUT2D eigenvalue weighted by molar-refractivity contribution is 0.0936. The number of hydrogen-bond donors (Lipinski definition) is 1. The van der Waals surface area contributed by atoms with Gasteiger partial charge in [0.25, 0.3) is 11.5 Å². The number of piperidine rings is 1. The number of amides is 1. The van der Waals surface area contributed by atoms with Gasteiger partial charge in [0.2, 0.25) is 0 Å². The van der Waals surface area contributed by atoms with Crippen LogP contribution in [0, 0.1) is 5.92 Å². The molecule has 4 heterocycles. The molecule has 1 aliphatic rings. The van der Waals surface area contributed by atoms with Crippen molar-refractivity contribution < 1.29 is 4.79 Å². The summed E-state index contributed by atoms with van der Waals surface area (Å²) in [5.74, 6) is 0.119. The smallest absolute Gasteiger partial charge is 0.332 e. The van der Waals surface area contributed by atoms with Crippen molar-refractivity contribution in [2.24, 2.45) is 20.0 Å². The molecule has 1 unspecified atom stereocenters. The van der Waals surface area contributed by atoms with E-state index in [9.17, 15) is 14.4 Å². The molecule has 0 aliphatic carbocycles. The fraction of sp³-hybridized carbons (Fsp3) is 0.524. The van der Waals surface area contributed by atoms with Crippen molar-refractivity contribution in [3.63, 3.8) is 0 Å². The Balaban J connectivity index is 1.57. The molecule has 1 amide bonds. The Morgan fingerprint density at radius 1 is 1.29 bits per heavy atom. The molecule has 1 fully saturated rings. The Morgan fingerprint density at radius 2 is 2.10 bits per heavy atom. The average molecular weight is 445 g/mol. The van der Waals surface area contributed by atoms with Gasteiger partial charge in [0, 0.05) is 51.9 Å². The molecule has 4 rings (SSSR count). The van der Waals surface area contributed by atoms with Crippen LogP contribution in [0.2, 0.25) is 0 Å². The van der Waals surface area contributed by atoms with Crippen molar-refractivity contribution in [1.29, 1.82) is 0 Å². The predicted octanol–water partition coefficient (Wildman–Crippen LogP) is 1.55. The number of fused-ring (bicyclic) bond motifs is 1. The van der Waals surface area contributed by atoms with Crippen LogP contribution in [0.3, 0.4) is 0 Å². The van der Waals surface area contributed by atoms with Gasteiger partial charge >= 0.3 is 5.69 Å². The van der Waals surface area contributed by atoms with Crippen LogP contribution >= 0.6 is 11.3 Å². The van der Waals surface area contributed by atoms with Gasteiger partial charge in [-0.1, -0.05) is 6.92 Å². The monoisotopic (exact) mass is 444 g/mol. The largest absolute Gasteiger partial charge is 0.350 e. The number of hydrogen-bond acceptors (Lipinski definition) is 6. The fourth-order valence-electron chi connectivity index (χ4n) is 4.38. The predicted molar refractivity (Wildman–Crippen MR) is 122 cm³/mol. The van der Waals surface area contributed by atoms with Gasteiger partial charge in [0.15, 0.2) is 5.13 Å². The number of aryl methyl sites for hydroxylation is 2. The van der Waals surface area contributed by atoms with Crippen molar-refractivity contribution in [2.45, 2.75) is 32.7 Å². The summed E-state index contributed by atoms with van der Waals surface area (Å²) in [5.41, 5.74) is 0.133. The van der Waals surface area contributed by atoms with Gasteiger partial charge in [-0.3, -0.25) is 18.7 Å². The number of aromatic nitrogens is 4. The van der Waals surface area contributed by atoms with Gasteiger partial charge in [0.1, 0.15) is 11.3 Å². The van der Waals surface area contributed by atoms with Crippen LogP contribution in [0.25, 0.3) is 11.0 Å². The second kappa shape index (κ2) is 8.70. The molecule has 1 atom stereocenters. The van der Waals surface area contributed by atoms with E-state index in [1.165, 1.54) is 11.6 Å². The normalized spacial score (nSPS) is 16.7. The van der Waals surface area contributed by atoms with Gasteiger partial charge in [0.05, 0.1) is 5.39 Å². The molecule has 0 saturated carbocycles. The molecular weight excluding hydrogens is 416 g/mol. The molecule has 0 aromatic carbocycles. The highest BCUT2D eigenvalue weighted by Gasteiger charge is 2.24. The molecule has 0 spiro atoms. The number of thiazole rings is 1. The quantitative estimate of drug-likeness (QED) is 0.623. The summed E-state index contributed by atoms with van der Waals surface area (Å²) in [4.78, 5) is 44.8. The SMILES string of the molecule is CCCn1c(C(=O)NCC2CCCN(c3nccs3)C2)cc2c(=O)n(C)c(=O)n(C)c21. The van der Waals surface area contributed by atoms with Crippen LogP contribution in [0.4, 0.5) is 5.13 Å². The minimum absolute atomic E-state index is 0.217. The van der Waals surface area contributed by atoms with Crippen molar-refractivity contribution in [2.75, 3.05) is 24.5 Å². The third-order valence-electron chi connectivity index (χ3n) is 5.93. The van der Waals surface area contributed by atoms with Crippen LogP contribution in [0.1, 0.15) is 36.7 Å². The first-order valence-electron chi connectivity index (χ1n) is 10.6. The van der Waals surface area contributed by atoms with E-state index in [1.54, 1.807) is 29.0 Å². The Morgan fingerprint density at radius 3 is 2.81 bits per heavy atom. The maximum absolute atomic E-state index is 13.1. The third kappa shape index (κ3) is 3.91. The Bertz CT molecular complexity index is 1210. The highest BCUT2D eigenvalue weighted by atomic mass is 32.1. The lowest BCUT2D eigenvalue weighted by atomic mass is 9.98. The molecule has 9 nitrogen and oxygen atoms in total. The zero-order valence-corrected chi connectivity index (χ0v) is 18.9. The number of carbonyl (C=O) groups excluding carboxylic acids is 1. The van der Waals surface area contributed by atoms with Crippen molar-refractivity contribution in [1.82, 2.24) is 24.0 Å².